The van der Waals surface area contributed by atoms with Gasteiger partial charge in [-0.1, -0.05) is 19.9 Å². The number of rotatable bonds is 7. The summed E-state index contributed by atoms with van der Waals surface area (Å²) >= 11 is 0. The van der Waals surface area contributed by atoms with Crippen molar-refractivity contribution in [3.05, 3.63) is 71.9 Å². The lowest BCUT2D eigenvalue weighted by Gasteiger charge is -2.26. The first-order valence-electron chi connectivity index (χ1n) is 13.9. The van der Waals surface area contributed by atoms with Crippen molar-refractivity contribution in [2.24, 2.45) is 0 Å². The second-order valence-corrected chi connectivity index (χ2v) is 9.78. The topological polar surface area (TPSA) is 99.3 Å². The molecular weight excluding hydrogens is 490 g/mol. The van der Waals surface area contributed by atoms with E-state index >= 15 is 0 Å². The summed E-state index contributed by atoms with van der Waals surface area (Å²) < 4.78 is 5.41. The van der Waals surface area contributed by atoms with Crippen LogP contribution in [0.15, 0.2) is 55.0 Å². The lowest BCUT2D eigenvalue weighted by Crippen LogP contribution is -2.35. The van der Waals surface area contributed by atoms with Gasteiger partial charge in [0.25, 0.3) is 5.91 Å². The molecule has 2 N–H and O–H groups in total. The predicted octanol–water partition coefficient (Wildman–Crippen LogP) is 4.73. The van der Waals surface area contributed by atoms with Crippen LogP contribution in [-0.2, 0) is 17.8 Å². The molecule has 0 atom stereocenters. The van der Waals surface area contributed by atoms with E-state index < -0.39 is 0 Å². The van der Waals surface area contributed by atoms with Crippen LogP contribution < -0.4 is 5.32 Å². The minimum atomic E-state index is -0.271. The van der Waals surface area contributed by atoms with Crippen molar-refractivity contribution >= 4 is 22.5 Å². The molecule has 0 radical (unpaired) electrons. The van der Waals surface area contributed by atoms with Crippen LogP contribution in [0.5, 0.6) is 0 Å². The second kappa shape index (κ2) is 12.9. The van der Waals surface area contributed by atoms with E-state index in [1.165, 1.54) is 18.4 Å². The molecule has 0 unspecified atom stereocenters. The third kappa shape index (κ3) is 6.68. The third-order valence-corrected chi connectivity index (χ3v) is 7.08. The molecule has 2 aliphatic heterocycles. The molecule has 3 aromatic heterocycles. The minimum absolute atomic E-state index is 0.271. The van der Waals surface area contributed by atoms with Crippen molar-refractivity contribution in [3.8, 4) is 11.1 Å². The van der Waals surface area contributed by atoms with Gasteiger partial charge in [0.05, 0.1) is 36.3 Å². The van der Waals surface area contributed by atoms with E-state index in [-0.39, 0.29) is 5.91 Å². The van der Waals surface area contributed by atoms with Gasteiger partial charge in [0.15, 0.2) is 5.69 Å². The summed E-state index contributed by atoms with van der Waals surface area (Å²) in [6, 6.07) is 12.0. The summed E-state index contributed by atoms with van der Waals surface area (Å²) in [6.07, 6.45) is 8.05. The predicted molar refractivity (Wildman–Crippen MR) is 153 cm³/mol. The highest BCUT2D eigenvalue weighted by Crippen LogP contribution is 2.27. The number of nitrogens with zero attached hydrogens (tertiary/aromatic N) is 5. The van der Waals surface area contributed by atoms with E-state index in [2.05, 4.69) is 41.3 Å². The van der Waals surface area contributed by atoms with Crippen LogP contribution in [0.4, 0.5) is 5.69 Å². The van der Waals surface area contributed by atoms with Gasteiger partial charge in [-0.05, 0) is 67.4 Å². The van der Waals surface area contributed by atoms with Gasteiger partial charge in [-0.15, -0.1) is 0 Å². The Morgan fingerprint density at radius 1 is 0.923 bits per heavy atom. The zero-order chi connectivity index (χ0) is 27.0. The van der Waals surface area contributed by atoms with E-state index in [9.17, 15) is 4.79 Å². The number of likely N-dealkylation sites (tertiary alicyclic amines) is 1. The quantitative estimate of drug-likeness (QED) is 0.359. The molecular formula is C30H37N7O2. The Bertz CT molecular complexity index is 1370. The maximum atomic E-state index is 13.1. The molecule has 5 heterocycles. The number of nitrogens with one attached hydrogen (secondary N) is 2. The number of carbonyl (C=O) groups excluding carboxylic acids is 1. The van der Waals surface area contributed by atoms with Crippen LogP contribution in [0.2, 0.25) is 0 Å². The van der Waals surface area contributed by atoms with Gasteiger partial charge >= 0.3 is 0 Å². The third-order valence-electron chi connectivity index (χ3n) is 7.08. The molecule has 2 saturated heterocycles. The monoisotopic (exact) mass is 527 g/mol. The molecule has 0 spiro atoms. The fraction of sp³-hybridized carbons (Fsp3) is 0.400. The molecule has 0 bridgehead atoms. The Balaban J connectivity index is 0.00000151. The molecule has 39 heavy (non-hydrogen) atoms. The molecule has 6 rings (SSSR count). The maximum absolute atomic E-state index is 13.1. The number of morpholine rings is 1. The zero-order valence-electron chi connectivity index (χ0n) is 22.8. The normalized spacial score (nSPS) is 16.2. The molecule has 0 saturated carbocycles. The van der Waals surface area contributed by atoms with Gasteiger partial charge in [0, 0.05) is 49.5 Å². The van der Waals surface area contributed by atoms with Gasteiger partial charge in [-0.3, -0.25) is 29.7 Å². The molecule has 1 amide bonds. The van der Waals surface area contributed by atoms with Gasteiger partial charge in [-0.2, -0.15) is 5.10 Å². The first-order valence-corrected chi connectivity index (χ1v) is 13.9. The number of ether oxygens (including phenoxy) is 1. The van der Waals surface area contributed by atoms with E-state index in [1.54, 1.807) is 6.20 Å². The van der Waals surface area contributed by atoms with Crippen molar-refractivity contribution in [2.45, 2.75) is 39.8 Å². The fourth-order valence-corrected chi connectivity index (χ4v) is 5.07. The maximum Gasteiger partial charge on any atom is 0.276 e. The Morgan fingerprint density at radius 2 is 1.72 bits per heavy atom. The van der Waals surface area contributed by atoms with Crippen molar-refractivity contribution in [1.29, 1.82) is 0 Å². The highest BCUT2D eigenvalue weighted by atomic mass is 16.5. The van der Waals surface area contributed by atoms with Crippen molar-refractivity contribution < 1.29 is 9.53 Å². The largest absolute Gasteiger partial charge is 0.379 e. The van der Waals surface area contributed by atoms with E-state index in [0.29, 0.717) is 11.4 Å². The standard InChI is InChI=1S/C28H31N7O2.C2H6/c36-28(31-23-4-5-24(30-17-23)19-35-9-11-37-12-10-35)27-25-14-21(3-6-26(25)32-33-27)22-13-20(15-29-16-22)18-34-7-1-2-8-34;1-2/h3-6,13-17H,1-2,7-12,18-19H2,(H,31,36)(H,32,33);1-2H3. The Morgan fingerprint density at radius 3 is 2.49 bits per heavy atom. The summed E-state index contributed by atoms with van der Waals surface area (Å²) in [5.41, 5.74) is 6.02. The number of hydrogen-bond donors (Lipinski definition) is 2. The first-order chi connectivity index (χ1) is 19.2. The van der Waals surface area contributed by atoms with Crippen LogP contribution in [0.25, 0.3) is 22.0 Å². The lowest BCUT2D eigenvalue weighted by molar-refractivity contribution is 0.0336. The van der Waals surface area contributed by atoms with Crippen LogP contribution >= 0.6 is 0 Å². The van der Waals surface area contributed by atoms with Crippen LogP contribution in [0.1, 0.15) is 48.4 Å². The Kier molecular flexibility index (Phi) is 8.93. The van der Waals surface area contributed by atoms with Crippen molar-refractivity contribution in [2.75, 3.05) is 44.7 Å². The van der Waals surface area contributed by atoms with E-state index in [4.69, 9.17) is 4.74 Å². The highest BCUT2D eigenvalue weighted by Gasteiger charge is 2.17. The molecule has 9 heteroatoms. The van der Waals surface area contributed by atoms with Gasteiger partial charge in [0.1, 0.15) is 0 Å². The number of H-pyrrole nitrogens is 1. The summed E-state index contributed by atoms with van der Waals surface area (Å²) in [5, 5.41) is 11.0. The number of benzene rings is 1. The summed E-state index contributed by atoms with van der Waals surface area (Å²) in [6.45, 7) is 11.3. The number of hydrogen-bond acceptors (Lipinski definition) is 7. The van der Waals surface area contributed by atoms with Crippen LogP contribution in [-0.4, -0.2) is 75.3 Å². The number of carbonyl (C=O) groups is 1. The molecule has 1 aromatic carbocycles. The van der Waals surface area contributed by atoms with Crippen molar-refractivity contribution in [1.82, 2.24) is 30.0 Å². The average Bonchev–Trinajstić information content (AvgIpc) is 3.66. The number of anilines is 1. The first kappa shape index (κ1) is 26.9. The molecule has 4 aromatic rings. The Hall–Kier alpha value is -3.66. The molecule has 2 aliphatic rings. The number of aromatic nitrogens is 4. The molecule has 9 nitrogen and oxygen atoms in total. The number of pyridine rings is 2. The summed E-state index contributed by atoms with van der Waals surface area (Å²) in [5.74, 6) is -0.271. The van der Waals surface area contributed by atoms with Gasteiger partial charge in [0.2, 0.25) is 0 Å². The number of aromatic amines is 1. The molecule has 2 fully saturated rings. The lowest BCUT2D eigenvalue weighted by atomic mass is 10.0. The molecule has 0 aliphatic carbocycles. The second-order valence-electron chi connectivity index (χ2n) is 9.78. The SMILES string of the molecule is CC.O=C(Nc1ccc(CN2CCOCC2)nc1)c1n[nH]c2ccc(-c3cncc(CN4CCCC4)c3)cc12. The Labute approximate surface area is 229 Å². The van der Waals surface area contributed by atoms with Crippen molar-refractivity contribution in [3.63, 3.8) is 0 Å². The van der Waals surface area contributed by atoms with Gasteiger partial charge < -0.3 is 10.1 Å². The van der Waals surface area contributed by atoms with E-state index in [0.717, 1.165) is 80.2 Å². The number of amides is 1. The summed E-state index contributed by atoms with van der Waals surface area (Å²) in [4.78, 5) is 26.9. The van der Waals surface area contributed by atoms with Crippen LogP contribution in [0.3, 0.4) is 0 Å². The van der Waals surface area contributed by atoms with Crippen LogP contribution in [0, 0.1) is 0 Å². The van der Waals surface area contributed by atoms with E-state index in [1.807, 2.05) is 56.6 Å². The smallest absolute Gasteiger partial charge is 0.276 e. The minimum Gasteiger partial charge on any atom is -0.379 e. The highest BCUT2D eigenvalue weighted by molar-refractivity contribution is 6.11. The summed E-state index contributed by atoms with van der Waals surface area (Å²) in [7, 11) is 0. The number of fused-ring (bicyclic) bond motifs is 1. The van der Waals surface area contributed by atoms with Gasteiger partial charge in [-0.25, -0.2) is 0 Å². The molecule has 204 valence electrons. The average molecular weight is 528 g/mol. The fourth-order valence-electron chi connectivity index (χ4n) is 5.07. The zero-order valence-corrected chi connectivity index (χ0v) is 22.8.